The Morgan fingerprint density at radius 1 is 1.14 bits per heavy atom. The number of carbonyl (C=O) groups is 2. The normalized spacial score (nSPS) is 19.6. The van der Waals surface area contributed by atoms with Crippen molar-refractivity contribution in [2.45, 2.75) is 50.5 Å². The van der Waals surface area contributed by atoms with E-state index in [1.165, 1.54) is 24.3 Å². The van der Waals surface area contributed by atoms with Gasteiger partial charge in [0.05, 0.1) is 11.5 Å². The monoisotopic (exact) mass is 412 g/mol. The average molecular weight is 413 g/mol. The zero-order chi connectivity index (χ0) is 20.6. The second-order valence-corrected chi connectivity index (χ2v) is 8.59. The fraction of sp³-hybridized carbons (Fsp3) is 0.579. The predicted molar refractivity (Wildman–Crippen MR) is 103 cm³/mol. The van der Waals surface area contributed by atoms with Crippen LogP contribution >= 0.6 is 0 Å². The molecule has 0 aliphatic heterocycles. The van der Waals surface area contributed by atoms with Gasteiger partial charge in [0, 0.05) is 6.04 Å². The minimum Gasteiger partial charge on any atom is -0.494 e. The van der Waals surface area contributed by atoms with E-state index in [1.807, 2.05) is 6.92 Å². The average Bonchev–Trinajstić information content (AvgIpc) is 2.67. The first-order valence-electron chi connectivity index (χ1n) is 9.49. The van der Waals surface area contributed by atoms with Crippen molar-refractivity contribution in [3.05, 3.63) is 24.3 Å². The summed E-state index contributed by atoms with van der Waals surface area (Å²) in [7, 11) is -3.86. The number of hydrogen-bond donors (Lipinski definition) is 2. The number of nitrogens with one attached hydrogen (secondary N) is 2. The third-order valence-electron chi connectivity index (χ3n) is 4.67. The molecule has 1 fully saturated rings. The van der Waals surface area contributed by atoms with Crippen LogP contribution in [0.2, 0.25) is 0 Å². The van der Waals surface area contributed by atoms with Crippen LogP contribution in [0.5, 0.6) is 5.75 Å². The summed E-state index contributed by atoms with van der Waals surface area (Å²) >= 11 is 0. The summed E-state index contributed by atoms with van der Waals surface area (Å²) in [4.78, 5) is 23.7. The van der Waals surface area contributed by atoms with Crippen LogP contribution in [-0.2, 0) is 24.3 Å². The quantitative estimate of drug-likeness (QED) is 0.596. The van der Waals surface area contributed by atoms with Crippen LogP contribution in [0, 0.1) is 5.92 Å². The molecule has 1 aromatic carbocycles. The van der Waals surface area contributed by atoms with Gasteiger partial charge in [0.25, 0.3) is 5.91 Å². The van der Waals surface area contributed by atoms with Crippen molar-refractivity contribution in [3.8, 4) is 5.75 Å². The molecule has 0 spiro atoms. The third kappa shape index (κ3) is 6.79. The Hall–Kier alpha value is -2.13. The molecular formula is C19H28N2O6S. The van der Waals surface area contributed by atoms with Crippen LogP contribution in [0.15, 0.2) is 29.2 Å². The lowest BCUT2D eigenvalue weighted by molar-refractivity contribution is -0.147. The number of amides is 1. The van der Waals surface area contributed by atoms with E-state index in [-0.39, 0.29) is 16.8 Å². The number of carbonyl (C=O) groups excluding carboxylic acids is 2. The lowest BCUT2D eigenvalue weighted by Crippen LogP contribution is -2.43. The summed E-state index contributed by atoms with van der Waals surface area (Å²) in [5.41, 5.74) is 0. The molecule has 156 valence electrons. The molecule has 1 saturated carbocycles. The van der Waals surface area contributed by atoms with E-state index in [2.05, 4.69) is 17.0 Å². The number of sulfonamides is 1. The fourth-order valence-electron chi connectivity index (χ4n) is 3.10. The minimum absolute atomic E-state index is 0.00721. The molecule has 2 rings (SSSR count). The van der Waals surface area contributed by atoms with Crippen molar-refractivity contribution >= 4 is 21.9 Å². The van der Waals surface area contributed by atoms with Crippen LogP contribution in [0.3, 0.4) is 0 Å². The van der Waals surface area contributed by atoms with Crippen molar-refractivity contribution in [1.29, 1.82) is 0 Å². The largest absolute Gasteiger partial charge is 0.494 e. The smallest absolute Gasteiger partial charge is 0.321 e. The van der Waals surface area contributed by atoms with Crippen LogP contribution in [0.4, 0.5) is 0 Å². The van der Waals surface area contributed by atoms with Crippen LogP contribution in [-0.4, -0.2) is 46.1 Å². The highest BCUT2D eigenvalue weighted by Crippen LogP contribution is 2.23. The molecule has 0 heterocycles. The lowest BCUT2D eigenvalue weighted by Gasteiger charge is -2.29. The van der Waals surface area contributed by atoms with Gasteiger partial charge in [-0.2, -0.15) is 4.72 Å². The molecule has 0 bridgehead atoms. The van der Waals surface area contributed by atoms with E-state index >= 15 is 0 Å². The second kappa shape index (κ2) is 10.4. The Kier molecular flexibility index (Phi) is 8.25. The fourth-order valence-corrected chi connectivity index (χ4v) is 4.06. The van der Waals surface area contributed by atoms with E-state index < -0.39 is 29.1 Å². The summed E-state index contributed by atoms with van der Waals surface area (Å²) in [5.74, 6) is -0.240. The third-order valence-corrected chi connectivity index (χ3v) is 6.09. The van der Waals surface area contributed by atoms with E-state index in [9.17, 15) is 18.0 Å². The summed E-state index contributed by atoms with van der Waals surface area (Å²) in [5, 5.41) is 2.87. The minimum atomic E-state index is -3.86. The Bertz CT molecular complexity index is 763. The highest BCUT2D eigenvalue weighted by Gasteiger charge is 2.23. The van der Waals surface area contributed by atoms with E-state index in [0.29, 0.717) is 18.3 Å². The van der Waals surface area contributed by atoms with Crippen molar-refractivity contribution in [2.24, 2.45) is 5.92 Å². The van der Waals surface area contributed by atoms with Gasteiger partial charge in [-0.1, -0.05) is 19.8 Å². The molecule has 2 N–H and O–H groups in total. The highest BCUT2D eigenvalue weighted by atomic mass is 32.2. The van der Waals surface area contributed by atoms with Gasteiger partial charge >= 0.3 is 5.97 Å². The first kappa shape index (κ1) is 22.2. The Labute approximate surface area is 166 Å². The molecular weight excluding hydrogens is 384 g/mol. The van der Waals surface area contributed by atoms with Gasteiger partial charge < -0.3 is 14.8 Å². The van der Waals surface area contributed by atoms with Gasteiger partial charge in [0.15, 0.2) is 6.61 Å². The zero-order valence-electron chi connectivity index (χ0n) is 16.3. The zero-order valence-corrected chi connectivity index (χ0v) is 17.1. The standard InChI is InChI=1S/C19H28N2O6S/c1-3-26-15-8-10-16(11-9-15)28(24,25)20-12-19(23)27-13-18(22)21-17-7-5-4-6-14(17)2/h8-11,14,17,20H,3-7,12-13H2,1-2H3,(H,21,22)/t14-,17-/m1/s1. The van der Waals surface area contributed by atoms with Gasteiger partial charge in [-0.05, 0) is 49.9 Å². The molecule has 1 aliphatic carbocycles. The van der Waals surface area contributed by atoms with E-state index in [4.69, 9.17) is 9.47 Å². The number of rotatable bonds is 9. The van der Waals surface area contributed by atoms with Gasteiger partial charge in [-0.15, -0.1) is 0 Å². The Morgan fingerprint density at radius 3 is 2.46 bits per heavy atom. The lowest BCUT2D eigenvalue weighted by atomic mass is 9.86. The molecule has 1 aliphatic rings. The SMILES string of the molecule is CCOc1ccc(S(=O)(=O)NCC(=O)OCC(=O)N[C@@H]2CCCC[C@H]2C)cc1. The molecule has 28 heavy (non-hydrogen) atoms. The molecule has 9 heteroatoms. The van der Waals surface area contributed by atoms with Crippen molar-refractivity contribution in [1.82, 2.24) is 10.0 Å². The van der Waals surface area contributed by atoms with Crippen molar-refractivity contribution in [2.75, 3.05) is 19.8 Å². The van der Waals surface area contributed by atoms with Crippen LogP contribution in [0.1, 0.15) is 39.5 Å². The van der Waals surface area contributed by atoms with Gasteiger partial charge in [0.1, 0.15) is 12.3 Å². The van der Waals surface area contributed by atoms with E-state index in [1.54, 1.807) is 0 Å². The van der Waals surface area contributed by atoms with E-state index in [0.717, 1.165) is 25.7 Å². The van der Waals surface area contributed by atoms with Crippen molar-refractivity contribution < 1.29 is 27.5 Å². The molecule has 0 radical (unpaired) electrons. The summed E-state index contributed by atoms with van der Waals surface area (Å²) < 4.78 is 36.7. The predicted octanol–water partition coefficient (Wildman–Crippen LogP) is 1.60. The first-order valence-corrected chi connectivity index (χ1v) is 11.0. The first-order chi connectivity index (χ1) is 13.3. The number of benzene rings is 1. The number of esters is 1. The Balaban J connectivity index is 1.75. The molecule has 1 amide bonds. The molecule has 8 nitrogen and oxygen atoms in total. The molecule has 2 atom stereocenters. The highest BCUT2D eigenvalue weighted by molar-refractivity contribution is 7.89. The molecule has 0 saturated heterocycles. The van der Waals surface area contributed by atoms with Crippen LogP contribution < -0.4 is 14.8 Å². The molecule has 0 unspecified atom stereocenters. The summed E-state index contributed by atoms with van der Waals surface area (Å²) in [6, 6.07) is 5.94. The van der Waals surface area contributed by atoms with Gasteiger partial charge in [0.2, 0.25) is 10.0 Å². The van der Waals surface area contributed by atoms with Crippen LogP contribution in [0.25, 0.3) is 0 Å². The maximum Gasteiger partial charge on any atom is 0.321 e. The molecule has 1 aromatic rings. The van der Waals surface area contributed by atoms with Gasteiger partial charge in [-0.25, -0.2) is 8.42 Å². The Morgan fingerprint density at radius 2 is 1.82 bits per heavy atom. The topological polar surface area (TPSA) is 111 Å². The summed E-state index contributed by atoms with van der Waals surface area (Å²) in [6.45, 7) is 3.42. The van der Waals surface area contributed by atoms with Gasteiger partial charge in [-0.3, -0.25) is 9.59 Å². The number of hydrogen-bond acceptors (Lipinski definition) is 6. The molecule has 0 aromatic heterocycles. The van der Waals surface area contributed by atoms with Crippen molar-refractivity contribution in [3.63, 3.8) is 0 Å². The second-order valence-electron chi connectivity index (χ2n) is 6.83. The maximum atomic E-state index is 12.2. The number of ether oxygens (including phenoxy) is 2. The maximum absolute atomic E-state index is 12.2. The summed E-state index contributed by atoms with van der Waals surface area (Å²) in [6.07, 6.45) is 4.22.